The van der Waals surface area contributed by atoms with E-state index in [9.17, 15) is 45.6 Å². The van der Waals surface area contributed by atoms with E-state index in [1.807, 2.05) is 0 Å². The summed E-state index contributed by atoms with van der Waals surface area (Å²) in [5, 5.41) is 99.9. The van der Waals surface area contributed by atoms with Crippen molar-refractivity contribution in [2.24, 2.45) is 11.5 Å². The van der Waals surface area contributed by atoms with E-state index in [0.717, 1.165) is 0 Å². The smallest absolute Gasteiger partial charge is 0.234 e. The zero-order chi connectivity index (χ0) is 26.4. The zero-order valence-corrected chi connectivity index (χ0v) is 22.7. The van der Waals surface area contributed by atoms with E-state index < -0.39 is 74.0 Å². The first-order chi connectivity index (χ1) is 15.9. The van der Waals surface area contributed by atoms with Gasteiger partial charge in [0, 0.05) is 13.1 Å². The number of nitrogens with zero attached hydrogens (tertiary/aromatic N) is 1. The summed E-state index contributed by atoms with van der Waals surface area (Å²) in [6.45, 7) is -1.86. The molecule has 15 nitrogen and oxygen atoms in total. The molecular weight excluding hydrogens is 567 g/mol. The quantitative estimate of drug-likeness (QED) is 0.0570. The van der Waals surface area contributed by atoms with Gasteiger partial charge in [-0.1, -0.05) is 0 Å². The number of hydrogen-bond acceptors (Lipinski definition) is 14. The minimum Gasteiger partial charge on any atom is -0.394 e. The van der Waals surface area contributed by atoms with E-state index in [4.69, 9.17) is 21.7 Å². The molecule has 0 radical (unpaired) electrons. The SMILES string of the molecule is Cl.Cl.Cl.NCC[C@H](NCCCN(C[C@H](O)[C@@H](O)[C@H](O)[C@H](O)CO)C[C@H](O)[C@@H](O)[C@H](O)[C@H](O)CO)C(N)=O. The number of rotatable bonds is 20. The van der Waals surface area contributed by atoms with E-state index in [-0.39, 0.29) is 69.9 Å². The molecule has 37 heavy (non-hydrogen) atoms. The van der Waals surface area contributed by atoms with Crippen molar-refractivity contribution in [3.05, 3.63) is 0 Å². The fraction of sp³-hybridized carbons (Fsp3) is 0.947. The van der Waals surface area contributed by atoms with Gasteiger partial charge in [0.25, 0.3) is 0 Å². The molecule has 0 aliphatic heterocycles. The summed E-state index contributed by atoms with van der Waals surface area (Å²) >= 11 is 0. The second kappa shape index (κ2) is 23.7. The van der Waals surface area contributed by atoms with Crippen LogP contribution in [0.4, 0.5) is 0 Å². The normalized spacial score (nSPS) is 18.6. The second-order valence-electron chi connectivity index (χ2n) is 8.20. The van der Waals surface area contributed by atoms with Gasteiger partial charge in [0.1, 0.15) is 36.6 Å². The number of carbonyl (C=O) groups excluding carboxylic acids is 1. The van der Waals surface area contributed by atoms with Crippen molar-refractivity contribution in [2.75, 3.05) is 45.9 Å². The predicted molar refractivity (Wildman–Crippen MR) is 140 cm³/mol. The zero-order valence-electron chi connectivity index (χ0n) is 20.3. The van der Waals surface area contributed by atoms with Crippen LogP contribution in [0.5, 0.6) is 0 Å². The molecular formula is C19H45Cl3N4O11. The minimum absolute atomic E-state index is 0. The van der Waals surface area contributed by atoms with Gasteiger partial charge in [-0.25, -0.2) is 0 Å². The van der Waals surface area contributed by atoms with Crippen LogP contribution < -0.4 is 16.8 Å². The van der Waals surface area contributed by atoms with Crippen molar-refractivity contribution in [1.82, 2.24) is 10.2 Å². The molecule has 0 aromatic carbocycles. The average Bonchev–Trinajstić information content (AvgIpc) is 2.82. The van der Waals surface area contributed by atoms with Crippen molar-refractivity contribution in [2.45, 2.75) is 67.7 Å². The van der Waals surface area contributed by atoms with Gasteiger partial charge in [0.05, 0.1) is 31.5 Å². The third kappa shape index (κ3) is 16.5. The third-order valence-electron chi connectivity index (χ3n) is 5.38. The van der Waals surface area contributed by atoms with Crippen LogP contribution in [0.3, 0.4) is 0 Å². The molecule has 0 aliphatic carbocycles. The van der Waals surface area contributed by atoms with Crippen LogP contribution in [0.1, 0.15) is 12.8 Å². The van der Waals surface area contributed by atoms with Crippen molar-refractivity contribution < 1.29 is 55.9 Å². The number of halogens is 3. The molecule has 0 unspecified atom stereocenters. The Hall–Kier alpha value is -0.180. The number of aliphatic hydroxyl groups excluding tert-OH is 10. The van der Waals surface area contributed by atoms with Gasteiger partial charge in [-0.3, -0.25) is 9.69 Å². The molecule has 0 rings (SSSR count). The minimum atomic E-state index is -1.87. The Labute approximate surface area is 234 Å². The van der Waals surface area contributed by atoms with Gasteiger partial charge in [-0.2, -0.15) is 0 Å². The molecule has 0 aliphatic rings. The number of aliphatic hydroxyl groups is 10. The number of nitrogens with one attached hydrogen (secondary N) is 1. The largest absolute Gasteiger partial charge is 0.394 e. The number of carbonyl (C=O) groups is 1. The fourth-order valence-corrected chi connectivity index (χ4v) is 3.22. The van der Waals surface area contributed by atoms with E-state index in [0.29, 0.717) is 12.8 Å². The van der Waals surface area contributed by atoms with Crippen LogP contribution in [0.25, 0.3) is 0 Å². The molecule has 0 heterocycles. The van der Waals surface area contributed by atoms with Crippen LogP contribution in [-0.4, -0.2) is 163 Å². The Kier molecular flexibility index (Phi) is 28.1. The summed E-state index contributed by atoms with van der Waals surface area (Å²) in [5.74, 6) is -0.591. The lowest BCUT2D eigenvalue weighted by Crippen LogP contribution is -2.53. The summed E-state index contributed by atoms with van der Waals surface area (Å²) in [5.41, 5.74) is 10.7. The first-order valence-corrected chi connectivity index (χ1v) is 11.0. The number of nitrogens with two attached hydrogens (primary N) is 2. The number of hydrogen-bond donors (Lipinski definition) is 13. The summed E-state index contributed by atoms with van der Waals surface area (Å²) in [6.07, 6.45) is -13.6. The molecule has 0 fully saturated rings. The van der Waals surface area contributed by atoms with Gasteiger partial charge < -0.3 is 67.8 Å². The topological polar surface area (TPSA) is 287 Å². The second-order valence-corrected chi connectivity index (χ2v) is 8.20. The van der Waals surface area contributed by atoms with Crippen molar-refractivity contribution in [3.8, 4) is 0 Å². The molecule has 0 spiro atoms. The molecule has 0 saturated carbocycles. The maximum absolute atomic E-state index is 11.4. The lowest BCUT2D eigenvalue weighted by molar-refractivity contribution is -0.130. The maximum atomic E-state index is 11.4. The van der Waals surface area contributed by atoms with Crippen LogP contribution in [0.2, 0.25) is 0 Å². The van der Waals surface area contributed by atoms with Gasteiger partial charge in [0.15, 0.2) is 0 Å². The molecule has 15 N–H and O–H groups in total. The third-order valence-corrected chi connectivity index (χ3v) is 5.38. The average molecular weight is 612 g/mol. The summed E-state index contributed by atoms with van der Waals surface area (Å²) in [6, 6.07) is -0.663. The molecule has 9 atom stereocenters. The predicted octanol–water partition coefficient (Wildman–Crippen LogP) is -6.39. The highest BCUT2D eigenvalue weighted by Crippen LogP contribution is 2.11. The summed E-state index contributed by atoms with van der Waals surface area (Å²) < 4.78 is 0. The first-order valence-electron chi connectivity index (χ1n) is 11.0. The highest BCUT2D eigenvalue weighted by Gasteiger charge is 2.34. The van der Waals surface area contributed by atoms with E-state index in [2.05, 4.69) is 5.32 Å². The Morgan fingerprint density at radius 2 is 1.11 bits per heavy atom. The van der Waals surface area contributed by atoms with Crippen LogP contribution >= 0.6 is 37.2 Å². The fourth-order valence-electron chi connectivity index (χ4n) is 3.22. The Morgan fingerprint density at radius 1 is 0.730 bits per heavy atom. The number of primary amides is 1. The van der Waals surface area contributed by atoms with E-state index in [1.165, 1.54) is 4.90 Å². The van der Waals surface area contributed by atoms with Gasteiger partial charge in [0.2, 0.25) is 5.91 Å². The Bertz CT molecular complexity index is 535. The molecule has 0 saturated heterocycles. The molecule has 0 aromatic heterocycles. The standard InChI is InChI=1S/C19H42N4O11.3ClH/c20-3-2-10(19(21)34)22-4-1-5-23(6-11(26)15(30)17(32)13(28)8-24)7-12(27)16(31)18(33)14(29)9-25;;;/h10-18,22,24-33H,1-9,20H2,(H2,21,34);3*1H/t10-,11-,12-,13+,14+,15+,16+,17+,18+;;;/m0.../s1. The van der Waals surface area contributed by atoms with Crippen LogP contribution in [0, 0.1) is 0 Å². The summed E-state index contributed by atoms with van der Waals surface area (Å²) in [7, 11) is 0. The van der Waals surface area contributed by atoms with Crippen LogP contribution in [-0.2, 0) is 4.79 Å². The molecule has 0 aromatic rings. The molecule has 1 amide bonds. The Balaban J connectivity index is -0.00000181. The van der Waals surface area contributed by atoms with Gasteiger partial charge in [-0.05, 0) is 32.5 Å². The van der Waals surface area contributed by atoms with Crippen LogP contribution in [0.15, 0.2) is 0 Å². The lowest BCUT2D eigenvalue weighted by Gasteiger charge is -2.33. The molecule has 18 heteroatoms. The van der Waals surface area contributed by atoms with Crippen molar-refractivity contribution >= 4 is 43.1 Å². The highest BCUT2D eigenvalue weighted by molar-refractivity contribution is 5.86. The molecule has 228 valence electrons. The summed E-state index contributed by atoms with van der Waals surface area (Å²) in [4.78, 5) is 12.8. The monoisotopic (exact) mass is 610 g/mol. The Morgan fingerprint density at radius 3 is 1.43 bits per heavy atom. The number of amides is 1. The van der Waals surface area contributed by atoms with Gasteiger partial charge in [-0.15, -0.1) is 37.2 Å². The molecule has 0 bridgehead atoms. The highest BCUT2D eigenvalue weighted by atomic mass is 35.5. The lowest BCUT2D eigenvalue weighted by atomic mass is 10.0. The van der Waals surface area contributed by atoms with Crippen molar-refractivity contribution in [1.29, 1.82) is 0 Å². The van der Waals surface area contributed by atoms with Crippen molar-refractivity contribution in [3.63, 3.8) is 0 Å². The van der Waals surface area contributed by atoms with E-state index in [1.54, 1.807) is 0 Å². The maximum Gasteiger partial charge on any atom is 0.234 e. The van der Waals surface area contributed by atoms with E-state index >= 15 is 0 Å². The van der Waals surface area contributed by atoms with Gasteiger partial charge >= 0.3 is 0 Å². The first kappa shape index (κ1) is 43.9.